The van der Waals surface area contributed by atoms with Crippen LogP contribution in [0.15, 0.2) is 36.9 Å². The number of carbonyl (C=O) groups is 1. The van der Waals surface area contributed by atoms with Gasteiger partial charge in [-0.2, -0.15) is 5.10 Å². The van der Waals surface area contributed by atoms with Crippen molar-refractivity contribution in [2.24, 2.45) is 0 Å². The zero-order chi connectivity index (χ0) is 15.2. The van der Waals surface area contributed by atoms with Crippen molar-refractivity contribution in [1.29, 1.82) is 0 Å². The predicted molar refractivity (Wildman–Crippen MR) is 78.0 cm³/mol. The number of rotatable bonds is 4. The van der Waals surface area contributed by atoms with Gasteiger partial charge in [0, 0.05) is 31.3 Å². The normalized spacial score (nSPS) is 18.2. The summed E-state index contributed by atoms with van der Waals surface area (Å²) in [5.41, 5.74) is 1.29. The van der Waals surface area contributed by atoms with E-state index >= 15 is 0 Å². The lowest BCUT2D eigenvalue weighted by molar-refractivity contribution is -0.00449. The topological polar surface area (TPSA) is 81.1 Å². The molecule has 114 valence electrons. The van der Waals surface area contributed by atoms with Crippen LogP contribution in [0.5, 0.6) is 0 Å². The van der Waals surface area contributed by atoms with E-state index < -0.39 is 0 Å². The minimum Gasteiger partial charge on any atom is -0.377 e. The number of hydrogen-bond acceptors (Lipinski definition) is 6. The maximum absolute atomic E-state index is 12.6. The summed E-state index contributed by atoms with van der Waals surface area (Å²) in [4.78, 5) is 22.7. The van der Waals surface area contributed by atoms with Crippen LogP contribution in [0.2, 0.25) is 0 Å². The summed E-state index contributed by atoms with van der Waals surface area (Å²) >= 11 is 0. The van der Waals surface area contributed by atoms with Crippen molar-refractivity contribution in [2.75, 3.05) is 19.8 Å². The molecule has 1 unspecified atom stereocenters. The molecule has 0 bridgehead atoms. The van der Waals surface area contributed by atoms with Crippen LogP contribution in [0.1, 0.15) is 22.6 Å². The van der Waals surface area contributed by atoms with Crippen molar-refractivity contribution in [3.05, 3.63) is 48.3 Å². The van der Waals surface area contributed by atoms with Gasteiger partial charge in [-0.25, -0.2) is 0 Å². The number of amides is 1. The molecule has 1 saturated heterocycles. The third-order valence-electron chi connectivity index (χ3n) is 3.63. The van der Waals surface area contributed by atoms with Gasteiger partial charge in [0.25, 0.3) is 5.91 Å². The van der Waals surface area contributed by atoms with E-state index in [2.05, 4.69) is 20.2 Å². The molecule has 0 spiro atoms. The zero-order valence-corrected chi connectivity index (χ0v) is 12.1. The first-order chi connectivity index (χ1) is 10.8. The molecule has 2 aromatic heterocycles. The van der Waals surface area contributed by atoms with Crippen LogP contribution in [0.25, 0.3) is 0 Å². The highest BCUT2D eigenvalue weighted by molar-refractivity contribution is 5.92. The van der Waals surface area contributed by atoms with Gasteiger partial charge in [-0.1, -0.05) is 0 Å². The highest BCUT2D eigenvalue weighted by Gasteiger charge is 2.28. The molecule has 0 saturated carbocycles. The van der Waals surface area contributed by atoms with E-state index in [0.717, 1.165) is 18.5 Å². The number of nitrogens with zero attached hydrogens (tertiary/aromatic N) is 5. The van der Waals surface area contributed by atoms with Crippen LogP contribution in [-0.2, 0) is 11.2 Å². The number of morpholine rings is 1. The molecule has 7 heteroatoms. The monoisotopic (exact) mass is 299 g/mol. The number of hydrogen-bond donors (Lipinski definition) is 0. The molecule has 1 atom stereocenters. The van der Waals surface area contributed by atoms with Crippen molar-refractivity contribution < 1.29 is 9.53 Å². The number of aromatic nitrogens is 4. The Labute approximate surface area is 128 Å². The fourth-order valence-electron chi connectivity index (χ4n) is 2.50. The summed E-state index contributed by atoms with van der Waals surface area (Å²) in [7, 11) is 0. The molecule has 1 aliphatic heterocycles. The van der Waals surface area contributed by atoms with Gasteiger partial charge in [0.1, 0.15) is 0 Å². The van der Waals surface area contributed by atoms with Gasteiger partial charge in [-0.05, 0) is 25.0 Å². The average Bonchev–Trinajstić information content (AvgIpc) is 2.61. The summed E-state index contributed by atoms with van der Waals surface area (Å²) < 4.78 is 5.52. The molecule has 1 fully saturated rings. The van der Waals surface area contributed by atoms with Gasteiger partial charge in [0.05, 0.1) is 24.9 Å². The van der Waals surface area contributed by atoms with Crippen LogP contribution in [0.4, 0.5) is 0 Å². The van der Waals surface area contributed by atoms with E-state index in [1.807, 2.05) is 4.90 Å². The fraction of sp³-hybridized carbons (Fsp3) is 0.400. The average molecular weight is 299 g/mol. The van der Waals surface area contributed by atoms with E-state index in [0.29, 0.717) is 25.5 Å². The fourth-order valence-corrected chi connectivity index (χ4v) is 2.50. The first-order valence-electron chi connectivity index (χ1n) is 7.26. The molecule has 7 nitrogen and oxygen atoms in total. The maximum atomic E-state index is 12.6. The van der Waals surface area contributed by atoms with E-state index in [9.17, 15) is 4.79 Å². The predicted octanol–water partition coefficient (Wildman–Crippen LogP) is 0.740. The smallest absolute Gasteiger partial charge is 0.274 e. The number of aryl methyl sites for hydroxylation is 1. The van der Waals surface area contributed by atoms with Gasteiger partial charge in [0.2, 0.25) is 0 Å². The Morgan fingerprint density at radius 2 is 2.32 bits per heavy atom. The van der Waals surface area contributed by atoms with E-state index in [1.165, 1.54) is 0 Å². The lowest BCUT2D eigenvalue weighted by Crippen LogP contribution is -2.49. The van der Waals surface area contributed by atoms with Gasteiger partial charge < -0.3 is 9.64 Å². The second-order valence-electron chi connectivity index (χ2n) is 5.07. The van der Waals surface area contributed by atoms with Crippen LogP contribution in [-0.4, -0.2) is 56.8 Å². The zero-order valence-electron chi connectivity index (χ0n) is 12.1. The second kappa shape index (κ2) is 7.04. The van der Waals surface area contributed by atoms with Crippen molar-refractivity contribution in [1.82, 2.24) is 25.1 Å². The molecule has 0 aliphatic carbocycles. The Hall–Kier alpha value is -2.41. The lowest BCUT2D eigenvalue weighted by atomic mass is 10.1. The molecule has 2 aromatic rings. The molecule has 1 amide bonds. The number of carbonyl (C=O) groups excluding carboxylic acids is 1. The summed E-state index contributed by atoms with van der Waals surface area (Å²) in [6.07, 6.45) is 8.17. The molecule has 0 radical (unpaired) electrons. The molecular weight excluding hydrogens is 282 g/mol. The molecular formula is C15H17N5O2. The minimum atomic E-state index is -0.0967. The first-order valence-corrected chi connectivity index (χ1v) is 7.26. The van der Waals surface area contributed by atoms with Crippen LogP contribution < -0.4 is 0 Å². The molecule has 3 heterocycles. The van der Waals surface area contributed by atoms with Crippen LogP contribution in [0, 0.1) is 0 Å². The van der Waals surface area contributed by atoms with Gasteiger partial charge in [-0.15, -0.1) is 5.10 Å². The van der Waals surface area contributed by atoms with Crippen molar-refractivity contribution in [3.63, 3.8) is 0 Å². The highest BCUT2D eigenvalue weighted by atomic mass is 16.5. The van der Waals surface area contributed by atoms with E-state index in [-0.39, 0.29) is 11.9 Å². The summed E-state index contributed by atoms with van der Waals surface area (Å²) in [6, 6.07) is 3.42. The van der Waals surface area contributed by atoms with E-state index in [4.69, 9.17) is 4.74 Å². The van der Waals surface area contributed by atoms with Crippen molar-refractivity contribution in [2.45, 2.75) is 18.9 Å². The summed E-state index contributed by atoms with van der Waals surface area (Å²) in [6.45, 7) is 1.65. The number of ether oxygens (including phenoxy) is 1. The van der Waals surface area contributed by atoms with Gasteiger partial charge in [-0.3, -0.25) is 14.8 Å². The van der Waals surface area contributed by atoms with Crippen LogP contribution >= 0.6 is 0 Å². The SMILES string of the molecule is O=C(c1cccnn1)N1CCOCC1CCc1cnccn1. The molecule has 0 N–H and O–H groups in total. The Morgan fingerprint density at radius 3 is 3.09 bits per heavy atom. The Morgan fingerprint density at radius 1 is 1.36 bits per heavy atom. The van der Waals surface area contributed by atoms with Crippen molar-refractivity contribution >= 4 is 5.91 Å². The lowest BCUT2D eigenvalue weighted by Gasteiger charge is -2.35. The Bertz CT molecular complexity index is 608. The Balaban J connectivity index is 1.67. The molecule has 0 aromatic carbocycles. The summed E-state index contributed by atoms with van der Waals surface area (Å²) in [5.74, 6) is -0.0967. The third kappa shape index (κ3) is 3.43. The minimum absolute atomic E-state index is 0.0188. The largest absolute Gasteiger partial charge is 0.377 e. The molecule has 1 aliphatic rings. The molecule has 22 heavy (non-hydrogen) atoms. The summed E-state index contributed by atoms with van der Waals surface area (Å²) in [5, 5.41) is 7.67. The van der Waals surface area contributed by atoms with E-state index in [1.54, 1.807) is 36.9 Å². The maximum Gasteiger partial charge on any atom is 0.274 e. The van der Waals surface area contributed by atoms with Crippen molar-refractivity contribution in [3.8, 4) is 0 Å². The molecule has 3 rings (SSSR count). The Kier molecular flexibility index (Phi) is 4.65. The second-order valence-corrected chi connectivity index (χ2v) is 5.07. The third-order valence-corrected chi connectivity index (χ3v) is 3.63. The van der Waals surface area contributed by atoms with Crippen LogP contribution in [0.3, 0.4) is 0 Å². The highest BCUT2D eigenvalue weighted by Crippen LogP contribution is 2.15. The standard InChI is InChI=1S/C15H17N5O2/c21-15(14-2-1-5-18-19-14)20-8-9-22-11-13(20)4-3-12-10-16-6-7-17-12/h1-2,5-7,10,13H,3-4,8-9,11H2. The quantitative estimate of drug-likeness (QED) is 0.828. The van der Waals surface area contributed by atoms with Gasteiger partial charge >= 0.3 is 0 Å². The van der Waals surface area contributed by atoms with Gasteiger partial charge in [0.15, 0.2) is 5.69 Å². The first kappa shape index (κ1) is 14.5.